The van der Waals surface area contributed by atoms with Crippen molar-refractivity contribution in [1.82, 2.24) is 19.8 Å². The number of fused-ring (bicyclic) bond motifs is 1. The Bertz CT molecular complexity index is 739. The van der Waals surface area contributed by atoms with Crippen LogP contribution in [0.15, 0.2) is 60.0 Å². The number of rotatable bonds is 5. The van der Waals surface area contributed by atoms with E-state index in [1.807, 2.05) is 6.07 Å². The number of guanidine groups is 1. The van der Waals surface area contributed by atoms with Gasteiger partial charge in [0.25, 0.3) is 0 Å². The molecular weight excluding hydrogens is 298 g/mol. The lowest BCUT2D eigenvalue weighted by Gasteiger charge is -2.25. The van der Waals surface area contributed by atoms with Crippen molar-refractivity contribution < 1.29 is 0 Å². The van der Waals surface area contributed by atoms with Crippen LogP contribution in [-0.4, -0.2) is 51.9 Å². The number of hydrogen-bond acceptors (Lipinski definition) is 5. The monoisotopic (exact) mass is 319 g/mol. The van der Waals surface area contributed by atoms with Crippen LogP contribution in [-0.2, 0) is 6.42 Å². The smallest absolute Gasteiger partial charge is 0.202 e. The van der Waals surface area contributed by atoms with E-state index in [9.17, 15) is 0 Å². The Labute approximate surface area is 142 Å². The van der Waals surface area contributed by atoms with Gasteiger partial charge in [0, 0.05) is 32.4 Å². The van der Waals surface area contributed by atoms with Crippen LogP contribution in [0, 0.1) is 0 Å². The SMILES string of the molecule is C1=C(c2ccncn2)N=C2N(C1)CCN2CCCc1ccccc1. The molecule has 0 amide bonds. The molecule has 5 nitrogen and oxygen atoms in total. The molecule has 5 heteroatoms. The van der Waals surface area contributed by atoms with Crippen LogP contribution in [0.5, 0.6) is 0 Å². The molecule has 1 aromatic heterocycles. The third kappa shape index (κ3) is 3.15. The molecule has 4 rings (SSSR count). The molecule has 0 radical (unpaired) electrons. The fraction of sp³-hybridized carbons (Fsp3) is 0.316. The van der Waals surface area contributed by atoms with Crippen molar-refractivity contribution in [2.45, 2.75) is 12.8 Å². The molecule has 1 fully saturated rings. The van der Waals surface area contributed by atoms with Gasteiger partial charge in [-0.1, -0.05) is 30.3 Å². The van der Waals surface area contributed by atoms with E-state index >= 15 is 0 Å². The lowest BCUT2D eigenvalue weighted by molar-refractivity contribution is 0.450. The van der Waals surface area contributed by atoms with Crippen molar-refractivity contribution in [1.29, 1.82) is 0 Å². The largest absolute Gasteiger partial charge is 0.341 e. The Kier molecular flexibility index (Phi) is 4.23. The van der Waals surface area contributed by atoms with Gasteiger partial charge in [-0.05, 0) is 30.5 Å². The summed E-state index contributed by atoms with van der Waals surface area (Å²) in [5.74, 6) is 1.10. The van der Waals surface area contributed by atoms with Gasteiger partial charge in [-0.2, -0.15) is 0 Å². The molecule has 24 heavy (non-hydrogen) atoms. The summed E-state index contributed by atoms with van der Waals surface area (Å²) in [4.78, 5) is 17.9. The van der Waals surface area contributed by atoms with Crippen molar-refractivity contribution in [2.24, 2.45) is 4.99 Å². The predicted molar refractivity (Wildman–Crippen MR) is 95.4 cm³/mol. The summed E-state index contributed by atoms with van der Waals surface area (Å²) in [6.07, 6.45) is 7.75. The molecule has 1 saturated heterocycles. The van der Waals surface area contributed by atoms with Gasteiger partial charge in [0.1, 0.15) is 6.33 Å². The van der Waals surface area contributed by atoms with Gasteiger partial charge in [0.2, 0.25) is 5.96 Å². The third-order valence-corrected chi connectivity index (χ3v) is 4.51. The molecule has 122 valence electrons. The average Bonchev–Trinajstić information content (AvgIpc) is 3.06. The van der Waals surface area contributed by atoms with E-state index < -0.39 is 0 Å². The van der Waals surface area contributed by atoms with Crippen molar-refractivity contribution in [3.8, 4) is 0 Å². The molecule has 1 aromatic carbocycles. The maximum Gasteiger partial charge on any atom is 0.202 e. The third-order valence-electron chi connectivity index (χ3n) is 4.51. The quantitative estimate of drug-likeness (QED) is 0.849. The van der Waals surface area contributed by atoms with Crippen LogP contribution >= 0.6 is 0 Å². The number of aromatic nitrogens is 2. The highest BCUT2D eigenvalue weighted by atomic mass is 15.4. The Morgan fingerprint density at radius 1 is 1.04 bits per heavy atom. The highest BCUT2D eigenvalue weighted by Crippen LogP contribution is 2.22. The second-order valence-corrected chi connectivity index (χ2v) is 6.12. The highest BCUT2D eigenvalue weighted by molar-refractivity contribution is 5.89. The van der Waals surface area contributed by atoms with Gasteiger partial charge in [0.05, 0.1) is 11.4 Å². The lowest BCUT2D eigenvalue weighted by Crippen LogP contribution is -2.36. The maximum absolute atomic E-state index is 4.86. The standard InChI is InChI=1S/C19H21N5/c1-2-5-16(6-3-1)7-4-11-23-13-14-24-12-9-18(22-19(23)24)17-8-10-20-15-21-17/h1-3,5-6,8-10,15H,4,7,11-14H2. The number of aryl methyl sites for hydroxylation is 1. The Morgan fingerprint density at radius 3 is 2.79 bits per heavy atom. The Morgan fingerprint density at radius 2 is 1.96 bits per heavy atom. The van der Waals surface area contributed by atoms with E-state index in [1.165, 1.54) is 5.56 Å². The van der Waals surface area contributed by atoms with Crippen molar-refractivity contribution in [3.05, 3.63) is 66.3 Å². The number of nitrogens with zero attached hydrogens (tertiary/aromatic N) is 5. The van der Waals surface area contributed by atoms with Crippen LogP contribution < -0.4 is 0 Å². The second-order valence-electron chi connectivity index (χ2n) is 6.12. The number of benzene rings is 1. The van der Waals surface area contributed by atoms with E-state index in [4.69, 9.17) is 4.99 Å². The summed E-state index contributed by atoms with van der Waals surface area (Å²) >= 11 is 0. The minimum Gasteiger partial charge on any atom is -0.341 e. The summed E-state index contributed by atoms with van der Waals surface area (Å²) in [5.41, 5.74) is 3.26. The van der Waals surface area contributed by atoms with Crippen molar-refractivity contribution in [3.63, 3.8) is 0 Å². The van der Waals surface area contributed by atoms with Crippen LogP contribution in [0.1, 0.15) is 17.7 Å². The number of aliphatic imine (C=N–C) groups is 1. The minimum atomic E-state index is 0.897. The van der Waals surface area contributed by atoms with Gasteiger partial charge in [-0.3, -0.25) is 0 Å². The first-order chi connectivity index (χ1) is 11.9. The molecule has 0 aliphatic carbocycles. The molecule has 0 unspecified atom stereocenters. The Hall–Kier alpha value is -2.69. The zero-order chi connectivity index (χ0) is 16.2. The molecule has 0 N–H and O–H groups in total. The zero-order valence-electron chi connectivity index (χ0n) is 13.7. The minimum absolute atomic E-state index is 0.897. The van der Waals surface area contributed by atoms with Gasteiger partial charge in [0.15, 0.2) is 0 Å². The van der Waals surface area contributed by atoms with E-state index in [0.717, 1.165) is 56.4 Å². The molecule has 3 heterocycles. The van der Waals surface area contributed by atoms with Crippen molar-refractivity contribution >= 4 is 11.7 Å². The normalized spacial score (nSPS) is 16.7. The predicted octanol–water partition coefficient (Wildman–Crippen LogP) is 2.44. The molecule has 2 aliphatic rings. The van der Waals surface area contributed by atoms with Crippen LogP contribution in [0.4, 0.5) is 0 Å². The summed E-state index contributed by atoms with van der Waals surface area (Å²) in [6.45, 7) is 4.06. The second kappa shape index (κ2) is 6.83. The van der Waals surface area contributed by atoms with E-state index in [-0.39, 0.29) is 0 Å². The summed E-state index contributed by atoms with van der Waals surface area (Å²) < 4.78 is 0. The summed E-state index contributed by atoms with van der Waals surface area (Å²) in [7, 11) is 0. The Balaban J connectivity index is 1.42. The van der Waals surface area contributed by atoms with Gasteiger partial charge >= 0.3 is 0 Å². The van der Waals surface area contributed by atoms with Crippen LogP contribution in [0.25, 0.3) is 5.70 Å². The van der Waals surface area contributed by atoms with E-state index in [0.29, 0.717) is 0 Å². The molecule has 0 bridgehead atoms. The van der Waals surface area contributed by atoms with Gasteiger partial charge in [-0.25, -0.2) is 15.0 Å². The van der Waals surface area contributed by atoms with Gasteiger partial charge < -0.3 is 9.80 Å². The number of hydrogen-bond donors (Lipinski definition) is 0. The first-order valence-corrected chi connectivity index (χ1v) is 8.49. The fourth-order valence-electron chi connectivity index (χ4n) is 3.24. The molecule has 2 aromatic rings. The summed E-state index contributed by atoms with van der Waals surface area (Å²) in [5, 5.41) is 0. The average molecular weight is 319 g/mol. The van der Waals surface area contributed by atoms with E-state index in [2.05, 4.69) is 56.2 Å². The van der Waals surface area contributed by atoms with Crippen LogP contribution in [0.3, 0.4) is 0 Å². The van der Waals surface area contributed by atoms with Crippen LogP contribution in [0.2, 0.25) is 0 Å². The lowest BCUT2D eigenvalue weighted by atomic mass is 10.1. The molecule has 0 atom stereocenters. The van der Waals surface area contributed by atoms with Crippen molar-refractivity contribution in [2.75, 3.05) is 26.2 Å². The first kappa shape index (κ1) is 14.9. The molecule has 0 spiro atoms. The first-order valence-electron chi connectivity index (χ1n) is 8.49. The zero-order valence-corrected chi connectivity index (χ0v) is 13.7. The molecule has 0 saturated carbocycles. The van der Waals surface area contributed by atoms with Gasteiger partial charge in [-0.15, -0.1) is 0 Å². The topological polar surface area (TPSA) is 44.6 Å². The highest BCUT2D eigenvalue weighted by Gasteiger charge is 2.28. The fourth-order valence-corrected chi connectivity index (χ4v) is 3.24. The molecular formula is C19H21N5. The van der Waals surface area contributed by atoms with E-state index in [1.54, 1.807) is 12.5 Å². The summed E-state index contributed by atoms with van der Waals surface area (Å²) in [6, 6.07) is 12.6. The molecule has 2 aliphatic heterocycles. The maximum atomic E-state index is 4.86.